The summed E-state index contributed by atoms with van der Waals surface area (Å²) in [5, 5.41) is 13.7. The minimum atomic E-state index is -0.101. The summed E-state index contributed by atoms with van der Waals surface area (Å²) in [4.78, 5) is 0. The van der Waals surface area contributed by atoms with Crippen LogP contribution in [0.2, 0.25) is 5.02 Å². The van der Waals surface area contributed by atoms with E-state index in [1.165, 1.54) is 7.11 Å². The van der Waals surface area contributed by atoms with Gasteiger partial charge in [0.15, 0.2) is 11.5 Å². The van der Waals surface area contributed by atoms with E-state index < -0.39 is 0 Å². The Morgan fingerprint density at radius 3 is 2.79 bits per heavy atom. The second-order valence-electron chi connectivity index (χ2n) is 4.04. The Kier molecular flexibility index (Phi) is 4.29. The summed E-state index contributed by atoms with van der Waals surface area (Å²) in [6.45, 7) is 0.200. The molecular formula is C13H15ClN2O3. The summed E-state index contributed by atoms with van der Waals surface area (Å²) in [7, 11) is 3.37. The number of aliphatic hydroxyl groups is 1. The SMILES string of the molecule is COc1cc(CO)cc(Cl)c1OCc1ccn(C)n1. The van der Waals surface area contributed by atoms with Gasteiger partial charge in [-0.1, -0.05) is 11.6 Å². The molecule has 0 atom stereocenters. The predicted molar refractivity (Wildman–Crippen MR) is 71.5 cm³/mol. The Morgan fingerprint density at radius 2 is 2.21 bits per heavy atom. The first-order chi connectivity index (χ1) is 9.13. The highest BCUT2D eigenvalue weighted by molar-refractivity contribution is 6.32. The van der Waals surface area contributed by atoms with Gasteiger partial charge >= 0.3 is 0 Å². The van der Waals surface area contributed by atoms with Crippen LogP contribution in [0.25, 0.3) is 0 Å². The zero-order valence-electron chi connectivity index (χ0n) is 10.8. The standard InChI is InChI=1S/C13H15ClN2O3/c1-16-4-3-10(15-16)8-19-13-11(14)5-9(7-17)6-12(13)18-2/h3-6,17H,7-8H2,1-2H3. The molecule has 0 spiro atoms. The highest BCUT2D eigenvalue weighted by atomic mass is 35.5. The molecule has 102 valence electrons. The van der Waals surface area contributed by atoms with Crippen LogP contribution in [0.15, 0.2) is 24.4 Å². The van der Waals surface area contributed by atoms with Crippen molar-refractivity contribution in [2.45, 2.75) is 13.2 Å². The first kappa shape index (κ1) is 13.7. The van der Waals surface area contributed by atoms with Gasteiger partial charge in [0.25, 0.3) is 0 Å². The minimum Gasteiger partial charge on any atom is -0.493 e. The Bertz CT molecular complexity index is 569. The Balaban J connectivity index is 2.19. The van der Waals surface area contributed by atoms with Crippen molar-refractivity contribution in [2.75, 3.05) is 7.11 Å². The van der Waals surface area contributed by atoms with Gasteiger partial charge in [0.1, 0.15) is 6.61 Å². The van der Waals surface area contributed by atoms with Gasteiger partial charge in [-0.25, -0.2) is 0 Å². The highest BCUT2D eigenvalue weighted by Gasteiger charge is 2.12. The van der Waals surface area contributed by atoms with Gasteiger partial charge in [-0.15, -0.1) is 0 Å². The smallest absolute Gasteiger partial charge is 0.180 e. The first-order valence-corrected chi connectivity index (χ1v) is 6.10. The lowest BCUT2D eigenvalue weighted by Gasteiger charge is -2.12. The summed E-state index contributed by atoms with van der Waals surface area (Å²) in [6.07, 6.45) is 1.84. The summed E-state index contributed by atoms with van der Waals surface area (Å²) in [5.74, 6) is 0.944. The Hall–Kier alpha value is -1.72. The number of hydrogen-bond donors (Lipinski definition) is 1. The van der Waals surface area contributed by atoms with Crippen LogP contribution in [0.4, 0.5) is 0 Å². The molecule has 0 saturated carbocycles. The normalized spacial score (nSPS) is 10.5. The van der Waals surface area contributed by atoms with Crippen molar-refractivity contribution in [1.29, 1.82) is 0 Å². The number of hydrogen-bond acceptors (Lipinski definition) is 4. The van der Waals surface area contributed by atoms with Crippen LogP contribution < -0.4 is 9.47 Å². The molecule has 0 bridgehead atoms. The molecule has 0 aliphatic carbocycles. The molecule has 0 aliphatic heterocycles. The van der Waals surface area contributed by atoms with Crippen molar-refractivity contribution in [2.24, 2.45) is 7.05 Å². The van der Waals surface area contributed by atoms with Crippen molar-refractivity contribution >= 4 is 11.6 Å². The fourth-order valence-electron chi connectivity index (χ4n) is 1.69. The maximum atomic E-state index is 9.12. The molecule has 0 saturated heterocycles. The molecule has 5 nitrogen and oxygen atoms in total. The third-order valence-electron chi connectivity index (χ3n) is 2.61. The monoisotopic (exact) mass is 282 g/mol. The van der Waals surface area contributed by atoms with Crippen LogP contribution in [0.1, 0.15) is 11.3 Å². The van der Waals surface area contributed by atoms with Crippen molar-refractivity contribution in [1.82, 2.24) is 9.78 Å². The largest absolute Gasteiger partial charge is 0.493 e. The molecule has 1 aromatic carbocycles. The van der Waals surface area contributed by atoms with Crippen LogP contribution in [0, 0.1) is 0 Å². The first-order valence-electron chi connectivity index (χ1n) is 5.72. The quantitative estimate of drug-likeness (QED) is 0.913. The van der Waals surface area contributed by atoms with Gasteiger partial charge in [0.2, 0.25) is 0 Å². The molecule has 2 rings (SSSR count). The molecule has 0 fully saturated rings. The highest BCUT2D eigenvalue weighted by Crippen LogP contribution is 2.36. The molecule has 1 N–H and O–H groups in total. The maximum Gasteiger partial charge on any atom is 0.180 e. The summed E-state index contributed by atoms with van der Waals surface area (Å²) >= 11 is 6.12. The van der Waals surface area contributed by atoms with Crippen LogP contribution in [-0.4, -0.2) is 22.0 Å². The Labute approximate surface area is 116 Å². The third-order valence-corrected chi connectivity index (χ3v) is 2.89. The van der Waals surface area contributed by atoms with E-state index in [4.69, 9.17) is 26.2 Å². The van der Waals surface area contributed by atoms with Crippen LogP contribution in [0.3, 0.4) is 0 Å². The molecule has 6 heteroatoms. The zero-order chi connectivity index (χ0) is 13.8. The van der Waals surface area contributed by atoms with Gasteiger partial charge in [-0.2, -0.15) is 5.10 Å². The molecule has 1 heterocycles. The molecular weight excluding hydrogens is 268 g/mol. The zero-order valence-corrected chi connectivity index (χ0v) is 11.5. The van der Waals surface area contributed by atoms with E-state index >= 15 is 0 Å². The topological polar surface area (TPSA) is 56.5 Å². The van der Waals surface area contributed by atoms with Crippen LogP contribution >= 0.6 is 11.6 Å². The molecule has 0 aliphatic rings. The van der Waals surface area contributed by atoms with Gasteiger partial charge in [-0.3, -0.25) is 4.68 Å². The van der Waals surface area contributed by atoms with Crippen LogP contribution in [0.5, 0.6) is 11.5 Å². The number of ether oxygens (including phenoxy) is 2. The summed E-state index contributed by atoms with van der Waals surface area (Å²) in [5.41, 5.74) is 1.47. The van der Waals surface area contributed by atoms with Gasteiger partial charge in [-0.05, 0) is 23.8 Å². The van der Waals surface area contributed by atoms with Crippen molar-refractivity contribution in [3.8, 4) is 11.5 Å². The number of rotatable bonds is 5. The van der Waals surface area contributed by atoms with Crippen molar-refractivity contribution in [3.05, 3.63) is 40.7 Å². The van der Waals surface area contributed by atoms with Crippen molar-refractivity contribution in [3.63, 3.8) is 0 Å². The number of aromatic nitrogens is 2. The van der Waals surface area contributed by atoms with E-state index in [9.17, 15) is 0 Å². The summed E-state index contributed by atoms with van der Waals surface area (Å²) < 4.78 is 12.6. The second-order valence-corrected chi connectivity index (χ2v) is 4.44. The molecule has 2 aromatic rings. The number of benzene rings is 1. The molecule has 0 amide bonds. The van der Waals surface area contributed by atoms with Crippen LogP contribution in [-0.2, 0) is 20.3 Å². The van der Waals surface area contributed by atoms with E-state index in [1.54, 1.807) is 16.8 Å². The fourth-order valence-corrected chi connectivity index (χ4v) is 1.98. The molecule has 19 heavy (non-hydrogen) atoms. The van der Waals surface area contributed by atoms with Gasteiger partial charge in [0.05, 0.1) is 24.4 Å². The summed E-state index contributed by atoms with van der Waals surface area (Å²) in [6, 6.07) is 5.21. The second kappa shape index (κ2) is 5.95. The lowest BCUT2D eigenvalue weighted by molar-refractivity contribution is 0.272. The third kappa shape index (κ3) is 3.19. The van der Waals surface area contributed by atoms with Crippen molar-refractivity contribution < 1.29 is 14.6 Å². The number of nitrogens with zero attached hydrogens (tertiary/aromatic N) is 2. The molecule has 0 unspecified atom stereocenters. The van der Waals surface area contributed by atoms with E-state index in [-0.39, 0.29) is 6.61 Å². The Morgan fingerprint density at radius 1 is 1.42 bits per heavy atom. The van der Waals surface area contributed by atoms with Gasteiger partial charge in [0, 0.05) is 13.2 Å². The predicted octanol–water partition coefficient (Wildman–Crippen LogP) is 2.15. The number of aryl methyl sites for hydroxylation is 1. The van der Waals surface area contributed by atoms with E-state index in [1.807, 2.05) is 19.3 Å². The number of aliphatic hydroxyl groups excluding tert-OH is 1. The average molecular weight is 283 g/mol. The number of methoxy groups -OCH3 is 1. The van der Waals surface area contributed by atoms with E-state index in [0.717, 1.165) is 5.69 Å². The average Bonchev–Trinajstić information content (AvgIpc) is 2.82. The molecule has 0 radical (unpaired) electrons. The van der Waals surface area contributed by atoms with Gasteiger partial charge < -0.3 is 14.6 Å². The minimum absolute atomic E-state index is 0.101. The van der Waals surface area contributed by atoms with E-state index in [2.05, 4.69) is 5.10 Å². The van der Waals surface area contributed by atoms with E-state index in [0.29, 0.717) is 28.7 Å². The fraction of sp³-hybridized carbons (Fsp3) is 0.308. The lowest BCUT2D eigenvalue weighted by atomic mass is 10.2. The molecule has 1 aromatic heterocycles. The number of halogens is 1. The maximum absolute atomic E-state index is 9.12. The lowest BCUT2D eigenvalue weighted by Crippen LogP contribution is -2.01.